The minimum atomic E-state index is -5.36. The van der Waals surface area contributed by atoms with Crippen molar-refractivity contribution in [2.45, 2.75) is 23.6 Å². The predicted octanol–water partition coefficient (Wildman–Crippen LogP) is 11.2. The van der Waals surface area contributed by atoms with Crippen LogP contribution in [0.25, 0.3) is 54.6 Å². The molecule has 2 atom stereocenters. The standard InChI is InChI=1S/C44H28F6O8/c1-53-41(43(45,46)47,27-9-5-3-6-10-27)39(51)57-33-19-15-25-13-17-31-29(21-23-55-31)35(25)37(33)38-34(20-16-26-14-18-32-30(36(26)38)22-24-56-32)58-40(52)42(54-2,44(48,49)50)28-11-7-4-8-12-28/h3-24H,1-2H3/t41-,42-/m1/s1. The largest absolute Gasteiger partial charge is 0.464 e. The number of rotatable bonds is 9. The van der Waals surface area contributed by atoms with Crippen LogP contribution in [0.1, 0.15) is 11.1 Å². The van der Waals surface area contributed by atoms with Gasteiger partial charge in [0.15, 0.2) is 0 Å². The Balaban J connectivity index is 1.46. The molecule has 294 valence electrons. The molecule has 58 heavy (non-hydrogen) atoms. The zero-order valence-corrected chi connectivity index (χ0v) is 30.2. The van der Waals surface area contributed by atoms with Crippen LogP contribution in [0.4, 0.5) is 26.3 Å². The number of halogens is 6. The van der Waals surface area contributed by atoms with Gasteiger partial charge in [-0.15, -0.1) is 0 Å². The zero-order chi connectivity index (χ0) is 41.0. The fourth-order valence-corrected chi connectivity index (χ4v) is 7.49. The van der Waals surface area contributed by atoms with Crippen molar-refractivity contribution in [1.82, 2.24) is 0 Å². The Morgan fingerprint density at radius 3 is 1.19 bits per heavy atom. The second kappa shape index (κ2) is 14.1. The first-order valence-corrected chi connectivity index (χ1v) is 17.4. The van der Waals surface area contributed by atoms with Crippen LogP contribution in [0, 0.1) is 0 Å². The van der Waals surface area contributed by atoms with Gasteiger partial charge in [0, 0.05) is 58.0 Å². The zero-order valence-electron chi connectivity index (χ0n) is 30.2. The molecule has 2 aromatic heterocycles. The summed E-state index contributed by atoms with van der Waals surface area (Å²) in [7, 11) is 1.43. The highest BCUT2D eigenvalue weighted by Gasteiger charge is 2.65. The quantitative estimate of drug-likeness (QED) is 0.0809. The van der Waals surface area contributed by atoms with E-state index >= 15 is 26.3 Å². The highest BCUT2D eigenvalue weighted by molar-refractivity contribution is 6.23. The first-order chi connectivity index (χ1) is 27.8. The van der Waals surface area contributed by atoms with Gasteiger partial charge < -0.3 is 27.8 Å². The number of ether oxygens (including phenoxy) is 4. The number of alkyl halides is 6. The summed E-state index contributed by atoms with van der Waals surface area (Å²) in [4.78, 5) is 28.5. The van der Waals surface area contributed by atoms with Gasteiger partial charge in [0.05, 0.1) is 12.5 Å². The van der Waals surface area contributed by atoms with Crippen molar-refractivity contribution in [1.29, 1.82) is 0 Å². The summed E-state index contributed by atoms with van der Waals surface area (Å²) in [5.41, 5.74) is -8.12. The molecule has 0 unspecified atom stereocenters. The number of hydrogen-bond acceptors (Lipinski definition) is 8. The first kappa shape index (κ1) is 38.2. The normalized spacial score (nSPS) is 14.4. The number of carbonyl (C=O) groups excluding carboxylic acids is 2. The summed E-state index contributed by atoms with van der Waals surface area (Å²) in [5, 5.41) is 2.10. The molecule has 0 aliphatic rings. The third kappa shape index (κ3) is 5.78. The molecule has 0 saturated heterocycles. The van der Waals surface area contributed by atoms with E-state index in [2.05, 4.69) is 0 Å². The van der Waals surface area contributed by atoms with E-state index in [4.69, 9.17) is 27.8 Å². The Morgan fingerprint density at radius 1 is 0.483 bits per heavy atom. The van der Waals surface area contributed by atoms with Crippen molar-refractivity contribution in [2.75, 3.05) is 14.2 Å². The van der Waals surface area contributed by atoms with E-state index in [0.29, 0.717) is 46.9 Å². The summed E-state index contributed by atoms with van der Waals surface area (Å²) >= 11 is 0. The van der Waals surface area contributed by atoms with Crippen LogP contribution in [-0.2, 0) is 30.3 Å². The lowest BCUT2D eigenvalue weighted by Crippen LogP contribution is -2.52. The van der Waals surface area contributed by atoms with E-state index in [-0.39, 0.29) is 21.9 Å². The maximum atomic E-state index is 15.2. The van der Waals surface area contributed by atoms with Crippen LogP contribution in [-0.4, -0.2) is 38.5 Å². The average Bonchev–Trinajstić information content (AvgIpc) is 3.89. The van der Waals surface area contributed by atoms with Gasteiger partial charge >= 0.3 is 24.3 Å². The summed E-state index contributed by atoms with van der Waals surface area (Å²) in [5.74, 6) is -4.76. The van der Waals surface area contributed by atoms with Crippen LogP contribution < -0.4 is 9.47 Å². The van der Waals surface area contributed by atoms with Gasteiger partial charge in [-0.05, 0) is 47.2 Å². The Kier molecular flexibility index (Phi) is 9.28. The molecule has 0 fully saturated rings. The second-order valence-corrected chi connectivity index (χ2v) is 13.1. The third-order valence-electron chi connectivity index (χ3n) is 10.2. The summed E-state index contributed by atoms with van der Waals surface area (Å²) in [6, 6.07) is 27.4. The van der Waals surface area contributed by atoms with Crippen molar-refractivity contribution in [2.24, 2.45) is 0 Å². The molecule has 0 saturated carbocycles. The fourth-order valence-electron chi connectivity index (χ4n) is 7.49. The van der Waals surface area contributed by atoms with Crippen molar-refractivity contribution in [3.63, 3.8) is 0 Å². The van der Waals surface area contributed by atoms with Crippen molar-refractivity contribution in [3.05, 3.63) is 145 Å². The van der Waals surface area contributed by atoms with E-state index in [1.165, 1.54) is 73.2 Å². The van der Waals surface area contributed by atoms with Gasteiger partial charge in [0.1, 0.15) is 22.7 Å². The molecular formula is C44H28F6O8. The molecule has 8 nitrogen and oxygen atoms in total. The van der Waals surface area contributed by atoms with E-state index < -0.39 is 58.1 Å². The molecular weight excluding hydrogens is 770 g/mol. The molecule has 8 rings (SSSR count). The number of furan rings is 2. The molecule has 0 radical (unpaired) electrons. The lowest BCUT2D eigenvalue weighted by atomic mass is 9.89. The number of fused-ring (bicyclic) bond motifs is 6. The fraction of sp³-hybridized carbons (Fsp3) is 0.136. The van der Waals surface area contributed by atoms with E-state index in [0.717, 1.165) is 24.3 Å². The maximum absolute atomic E-state index is 15.2. The van der Waals surface area contributed by atoms with Crippen LogP contribution in [0.15, 0.2) is 143 Å². The number of carbonyl (C=O) groups is 2. The minimum Gasteiger partial charge on any atom is -0.464 e. The monoisotopic (exact) mass is 798 g/mol. The minimum absolute atomic E-state index is 0.130. The number of hydrogen-bond donors (Lipinski definition) is 0. The SMILES string of the molecule is CO[C@@](C(=O)Oc1ccc2ccc3occc3c2c1-c1c(OC(=O)[C@](OC)(c2ccccc2)C(F)(F)F)ccc2ccc3occc3c12)(c1ccccc1)C(F)(F)F. The Labute approximate surface area is 324 Å². The highest BCUT2D eigenvalue weighted by atomic mass is 19.4. The van der Waals surface area contributed by atoms with Gasteiger partial charge in [-0.3, -0.25) is 0 Å². The van der Waals surface area contributed by atoms with Crippen molar-refractivity contribution < 1.29 is 63.7 Å². The number of esters is 2. The highest BCUT2D eigenvalue weighted by Crippen LogP contribution is 2.52. The maximum Gasteiger partial charge on any atom is 0.432 e. The van der Waals surface area contributed by atoms with Crippen molar-refractivity contribution in [3.8, 4) is 22.6 Å². The van der Waals surface area contributed by atoms with E-state index in [9.17, 15) is 9.59 Å². The van der Waals surface area contributed by atoms with Crippen molar-refractivity contribution >= 4 is 55.4 Å². The lowest BCUT2D eigenvalue weighted by molar-refractivity contribution is -0.273. The Morgan fingerprint density at radius 2 is 0.845 bits per heavy atom. The molecule has 0 spiro atoms. The second-order valence-electron chi connectivity index (χ2n) is 13.1. The molecule has 14 heteroatoms. The molecule has 0 N–H and O–H groups in total. The summed E-state index contributed by atoms with van der Waals surface area (Å²) < 4.78 is 124. The van der Waals surface area contributed by atoms with Crippen LogP contribution in [0.5, 0.6) is 11.5 Å². The van der Waals surface area contributed by atoms with Gasteiger partial charge in [-0.25, -0.2) is 9.59 Å². The number of benzene rings is 6. The van der Waals surface area contributed by atoms with E-state index in [1.807, 2.05) is 0 Å². The molecule has 2 heterocycles. The summed E-state index contributed by atoms with van der Waals surface area (Å²) in [6.07, 6.45) is -8.01. The predicted molar refractivity (Wildman–Crippen MR) is 200 cm³/mol. The number of methoxy groups -OCH3 is 2. The van der Waals surface area contributed by atoms with Gasteiger partial charge in [0.25, 0.3) is 11.2 Å². The average molecular weight is 799 g/mol. The van der Waals surface area contributed by atoms with Crippen LogP contribution in [0.3, 0.4) is 0 Å². The summed E-state index contributed by atoms with van der Waals surface area (Å²) in [6.45, 7) is 0. The van der Waals surface area contributed by atoms with Gasteiger partial charge in [-0.2, -0.15) is 26.3 Å². The lowest BCUT2D eigenvalue weighted by Gasteiger charge is -2.33. The molecule has 8 aromatic rings. The Hall–Kier alpha value is -6.64. The van der Waals surface area contributed by atoms with E-state index in [1.54, 1.807) is 36.4 Å². The smallest absolute Gasteiger partial charge is 0.432 e. The molecule has 0 aliphatic carbocycles. The molecule has 0 aliphatic heterocycles. The van der Waals surface area contributed by atoms with Crippen LogP contribution >= 0.6 is 0 Å². The topological polar surface area (TPSA) is 97.3 Å². The molecule has 0 bridgehead atoms. The van der Waals surface area contributed by atoms with Gasteiger partial charge in [-0.1, -0.05) is 84.9 Å². The van der Waals surface area contributed by atoms with Crippen LogP contribution in [0.2, 0.25) is 0 Å². The third-order valence-corrected chi connectivity index (χ3v) is 10.2. The first-order valence-electron chi connectivity index (χ1n) is 17.4. The Bertz CT molecular complexity index is 2650. The van der Waals surface area contributed by atoms with Gasteiger partial charge in [0.2, 0.25) is 0 Å². The molecule has 0 amide bonds. The molecule has 6 aromatic carbocycles.